The summed E-state index contributed by atoms with van der Waals surface area (Å²) < 4.78 is 0. The molecule has 1 aliphatic rings. The lowest BCUT2D eigenvalue weighted by Crippen LogP contribution is -2.26. The third kappa shape index (κ3) is 3.13. The van der Waals surface area contributed by atoms with Crippen molar-refractivity contribution in [2.75, 3.05) is 23.3 Å². The molecule has 0 bridgehead atoms. The normalized spacial score (nSPS) is 17.7. The molecule has 1 saturated heterocycles. The Bertz CT molecular complexity index is 629. The van der Waals surface area contributed by atoms with Crippen molar-refractivity contribution in [2.24, 2.45) is 5.73 Å². The number of carbonyl (C=O) groups is 1. The maximum atomic E-state index is 11.2. The average Bonchev–Trinajstić information content (AvgIpc) is 2.97. The van der Waals surface area contributed by atoms with Crippen LogP contribution in [0.3, 0.4) is 0 Å². The number of benzene rings is 1. The van der Waals surface area contributed by atoms with Crippen LogP contribution in [0.1, 0.15) is 16.9 Å². The van der Waals surface area contributed by atoms with Crippen molar-refractivity contribution in [1.82, 2.24) is 4.98 Å². The summed E-state index contributed by atoms with van der Waals surface area (Å²) in [7, 11) is 0. The van der Waals surface area contributed by atoms with Gasteiger partial charge in [-0.25, -0.2) is 0 Å². The predicted molar refractivity (Wildman–Crippen MR) is 83.4 cm³/mol. The zero-order chi connectivity index (χ0) is 14.7. The summed E-state index contributed by atoms with van der Waals surface area (Å²) in [5, 5.41) is 3.53. The topological polar surface area (TPSA) is 71.2 Å². The molecule has 1 fully saturated rings. The van der Waals surface area contributed by atoms with Crippen LogP contribution in [0.15, 0.2) is 48.7 Å². The van der Waals surface area contributed by atoms with Crippen LogP contribution in [0.25, 0.3) is 0 Å². The Morgan fingerprint density at radius 2 is 2.10 bits per heavy atom. The Hall–Kier alpha value is -2.56. The molecular weight excluding hydrogens is 264 g/mol. The molecule has 21 heavy (non-hydrogen) atoms. The Kier molecular flexibility index (Phi) is 3.73. The molecule has 3 rings (SSSR count). The highest BCUT2D eigenvalue weighted by Gasteiger charge is 2.23. The number of hydrogen-bond acceptors (Lipinski definition) is 4. The van der Waals surface area contributed by atoms with Crippen molar-refractivity contribution >= 4 is 17.3 Å². The molecule has 3 N–H and O–H groups in total. The minimum atomic E-state index is -0.491. The van der Waals surface area contributed by atoms with E-state index in [0.717, 1.165) is 30.9 Å². The maximum Gasteiger partial charge on any atom is 0.267 e. The quantitative estimate of drug-likeness (QED) is 0.898. The number of anilines is 2. The van der Waals surface area contributed by atoms with Crippen molar-refractivity contribution in [1.29, 1.82) is 0 Å². The van der Waals surface area contributed by atoms with Gasteiger partial charge in [0.15, 0.2) is 0 Å². The second kappa shape index (κ2) is 5.83. The fourth-order valence-electron chi connectivity index (χ4n) is 2.63. The summed E-state index contributed by atoms with van der Waals surface area (Å²) in [4.78, 5) is 17.4. The zero-order valence-corrected chi connectivity index (χ0v) is 11.7. The van der Waals surface area contributed by atoms with E-state index in [0.29, 0.717) is 11.7 Å². The largest absolute Gasteiger partial charge is 0.380 e. The van der Waals surface area contributed by atoms with Crippen molar-refractivity contribution < 1.29 is 4.79 Å². The van der Waals surface area contributed by atoms with Gasteiger partial charge in [-0.2, -0.15) is 0 Å². The van der Waals surface area contributed by atoms with E-state index in [1.165, 1.54) is 0 Å². The van der Waals surface area contributed by atoms with E-state index in [9.17, 15) is 4.79 Å². The molecular formula is C16H18N4O. The van der Waals surface area contributed by atoms with Gasteiger partial charge < -0.3 is 16.0 Å². The highest BCUT2D eigenvalue weighted by atomic mass is 16.1. The van der Waals surface area contributed by atoms with Crippen LogP contribution in [0.4, 0.5) is 11.4 Å². The number of aromatic nitrogens is 1. The van der Waals surface area contributed by atoms with Crippen LogP contribution in [0, 0.1) is 0 Å². The second-order valence-corrected chi connectivity index (χ2v) is 5.21. The Morgan fingerprint density at radius 3 is 2.86 bits per heavy atom. The van der Waals surface area contributed by atoms with Crippen molar-refractivity contribution in [3.05, 3.63) is 54.4 Å². The summed E-state index contributed by atoms with van der Waals surface area (Å²) in [5.41, 5.74) is 7.72. The summed E-state index contributed by atoms with van der Waals surface area (Å²) in [6, 6.07) is 14.3. The number of carbonyl (C=O) groups excluding carboxylic acids is 1. The number of rotatable bonds is 4. The first-order valence-corrected chi connectivity index (χ1v) is 7.05. The molecule has 5 nitrogen and oxygen atoms in total. The zero-order valence-electron chi connectivity index (χ0n) is 11.7. The Labute approximate surface area is 123 Å². The molecule has 1 aromatic carbocycles. The van der Waals surface area contributed by atoms with Gasteiger partial charge in [-0.15, -0.1) is 0 Å². The fraction of sp³-hybridized carbons (Fsp3) is 0.250. The number of pyridine rings is 1. The van der Waals surface area contributed by atoms with E-state index >= 15 is 0 Å². The van der Waals surface area contributed by atoms with Gasteiger partial charge in [-0.05, 0) is 30.7 Å². The van der Waals surface area contributed by atoms with Gasteiger partial charge in [-0.1, -0.05) is 18.2 Å². The Morgan fingerprint density at radius 1 is 1.29 bits per heavy atom. The van der Waals surface area contributed by atoms with Crippen molar-refractivity contribution in [3.63, 3.8) is 0 Å². The molecule has 1 amide bonds. The molecule has 0 aliphatic carbocycles. The first-order chi connectivity index (χ1) is 10.2. The molecule has 5 heteroatoms. The van der Waals surface area contributed by atoms with Crippen LogP contribution < -0.4 is 16.0 Å². The number of hydrogen-bond donors (Lipinski definition) is 2. The van der Waals surface area contributed by atoms with Gasteiger partial charge >= 0.3 is 0 Å². The van der Waals surface area contributed by atoms with E-state index < -0.39 is 5.91 Å². The van der Waals surface area contributed by atoms with Crippen LogP contribution in [0.2, 0.25) is 0 Å². The van der Waals surface area contributed by atoms with Gasteiger partial charge in [0.2, 0.25) is 0 Å². The summed E-state index contributed by atoms with van der Waals surface area (Å²) >= 11 is 0. The lowest BCUT2D eigenvalue weighted by molar-refractivity contribution is 0.0995. The van der Waals surface area contributed by atoms with E-state index in [-0.39, 0.29) is 0 Å². The Balaban J connectivity index is 1.67. The van der Waals surface area contributed by atoms with Gasteiger partial charge in [0.05, 0.1) is 0 Å². The van der Waals surface area contributed by atoms with Crippen LogP contribution >= 0.6 is 0 Å². The standard InChI is InChI=1S/C16H18N4O/c17-16(21)15-10-14(6-8-18-15)20-9-7-13(11-20)19-12-4-2-1-3-5-12/h1-6,8,10,13,19H,7,9,11H2,(H2,17,21). The highest BCUT2D eigenvalue weighted by molar-refractivity contribution is 5.91. The first kappa shape index (κ1) is 13.4. The molecule has 1 aromatic heterocycles. The van der Waals surface area contributed by atoms with Crippen molar-refractivity contribution in [3.8, 4) is 0 Å². The predicted octanol–water partition coefficient (Wildman–Crippen LogP) is 1.87. The summed E-state index contributed by atoms with van der Waals surface area (Å²) in [6.45, 7) is 1.85. The summed E-state index contributed by atoms with van der Waals surface area (Å²) in [5.74, 6) is -0.491. The van der Waals surface area contributed by atoms with Crippen LogP contribution in [-0.4, -0.2) is 30.0 Å². The molecule has 2 heterocycles. The van der Waals surface area contributed by atoms with Gasteiger partial charge in [0, 0.05) is 36.7 Å². The molecule has 0 spiro atoms. The molecule has 1 unspecified atom stereocenters. The molecule has 1 atom stereocenters. The lowest BCUT2D eigenvalue weighted by atomic mass is 10.2. The third-order valence-electron chi connectivity index (χ3n) is 3.69. The molecule has 2 aromatic rings. The van der Waals surface area contributed by atoms with Gasteiger partial charge in [-0.3, -0.25) is 9.78 Å². The fourth-order valence-corrected chi connectivity index (χ4v) is 2.63. The van der Waals surface area contributed by atoms with Crippen LogP contribution in [-0.2, 0) is 0 Å². The lowest BCUT2D eigenvalue weighted by Gasteiger charge is -2.19. The maximum absolute atomic E-state index is 11.2. The molecule has 0 radical (unpaired) electrons. The van der Waals surface area contributed by atoms with E-state index in [2.05, 4.69) is 27.3 Å². The highest BCUT2D eigenvalue weighted by Crippen LogP contribution is 2.22. The van der Waals surface area contributed by atoms with Crippen molar-refractivity contribution in [2.45, 2.75) is 12.5 Å². The SMILES string of the molecule is NC(=O)c1cc(N2CCC(Nc3ccccc3)C2)ccn1. The molecule has 0 saturated carbocycles. The number of primary amides is 1. The second-order valence-electron chi connectivity index (χ2n) is 5.21. The van der Waals surface area contributed by atoms with E-state index in [1.807, 2.05) is 24.3 Å². The number of nitrogens with zero attached hydrogens (tertiary/aromatic N) is 2. The molecule has 1 aliphatic heterocycles. The van der Waals surface area contributed by atoms with E-state index in [1.54, 1.807) is 12.3 Å². The first-order valence-electron chi connectivity index (χ1n) is 7.05. The number of para-hydroxylation sites is 1. The smallest absolute Gasteiger partial charge is 0.267 e. The number of nitrogens with one attached hydrogen (secondary N) is 1. The van der Waals surface area contributed by atoms with Gasteiger partial charge in [0.1, 0.15) is 5.69 Å². The third-order valence-corrected chi connectivity index (χ3v) is 3.69. The van der Waals surface area contributed by atoms with Gasteiger partial charge in [0.25, 0.3) is 5.91 Å². The number of nitrogens with two attached hydrogens (primary N) is 1. The number of amides is 1. The summed E-state index contributed by atoms with van der Waals surface area (Å²) in [6.07, 6.45) is 2.69. The molecule has 108 valence electrons. The minimum absolute atomic E-state index is 0.312. The average molecular weight is 282 g/mol. The minimum Gasteiger partial charge on any atom is -0.380 e. The van der Waals surface area contributed by atoms with E-state index in [4.69, 9.17) is 5.73 Å². The van der Waals surface area contributed by atoms with Crippen LogP contribution in [0.5, 0.6) is 0 Å². The monoisotopic (exact) mass is 282 g/mol.